The molecule has 0 radical (unpaired) electrons. The van der Waals surface area contributed by atoms with E-state index < -0.39 is 5.60 Å². The molecule has 0 aromatic heterocycles. The third-order valence-corrected chi connectivity index (χ3v) is 6.11. The molecule has 3 heteroatoms. The summed E-state index contributed by atoms with van der Waals surface area (Å²) in [4.78, 5) is 14.9. The van der Waals surface area contributed by atoms with Crippen LogP contribution in [0, 0.1) is 0 Å². The first-order valence-corrected chi connectivity index (χ1v) is 9.90. The Morgan fingerprint density at radius 2 is 1.57 bits per heavy atom. The van der Waals surface area contributed by atoms with E-state index in [9.17, 15) is 9.90 Å². The lowest BCUT2D eigenvalue weighted by Gasteiger charge is -2.33. The minimum absolute atomic E-state index is 0.142. The van der Waals surface area contributed by atoms with Gasteiger partial charge in [0.15, 0.2) is 5.60 Å². The van der Waals surface area contributed by atoms with Gasteiger partial charge in [-0.3, -0.25) is 4.79 Å². The van der Waals surface area contributed by atoms with E-state index in [2.05, 4.69) is 48.5 Å². The molecule has 140 valence electrons. The topological polar surface area (TPSA) is 40.5 Å². The van der Waals surface area contributed by atoms with E-state index in [0.717, 1.165) is 17.5 Å². The Balaban J connectivity index is 1.37. The molecular formula is C25H23NO2. The van der Waals surface area contributed by atoms with E-state index in [0.29, 0.717) is 25.9 Å². The Hall–Kier alpha value is -2.91. The first-order chi connectivity index (χ1) is 13.6. The second kappa shape index (κ2) is 6.61. The molecule has 1 amide bonds. The zero-order valence-corrected chi connectivity index (χ0v) is 15.8. The summed E-state index contributed by atoms with van der Waals surface area (Å²) in [5.41, 5.74) is 3.40. The van der Waals surface area contributed by atoms with E-state index >= 15 is 0 Å². The van der Waals surface area contributed by atoms with Crippen LogP contribution >= 0.6 is 0 Å². The van der Waals surface area contributed by atoms with Gasteiger partial charge in [0.25, 0.3) is 5.91 Å². The smallest absolute Gasteiger partial charge is 0.255 e. The Kier molecular flexibility index (Phi) is 4.06. The second-order valence-corrected chi connectivity index (χ2v) is 7.91. The highest BCUT2D eigenvalue weighted by atomic mass is 16.3. The summed E-state index contributed by atoms with van der Waals surface area (Å²) in [5, 5.41) is 13.5. The third-order valence-electron chi connectivity index (χ3n) is 6.11. The molecule has 3 aromatic rings. The van der Waals surface area contributed by atoms with Crippen LogP contribution in [0.15, 0.2) is 72.8 Å². The summed E-state index contributed by atoms with van der Waals surface area (Å²) in [7, 11) is 0. The number of aliphatic hydroxyl groups is 1. The largest absolute Gasteiger partial charge is 0.379 e. The number of nitrogens with zero attached hydrogens (tertiary/aromatic N) is 1. The number of rotatable bonds is 2. The lowest BCUT2D eigenvalue weighted by atomic mass is 9.92. The van der Waals surface area contributed by atoms with Crippen LogP contribution in [0.5, 0.6) is 0 Å². The minimum atomic E-state index is -1.30. The van der Waals surface area contributed by atoms with Gasteiger partial charge in [-0.25, -0.2) is 0 Å². The van der Waals surface area contributed by atoms with Gasteiger partial charge >= 0.3 is 0 Å². The minimum Gasteiger partial charge on any atom is -0.379 e. The molecule has 3 aromatic carbocycles. The molecular weight excluding hydrogens is 346 g/mol. The Morgan fingerprint density at radius 3 is 2.29 bits per heavy atom. The predicted octanol–water partition coefficient (Wildman–Crippen LogP) is 3.99. The molecule has 0 bridgehead atoms. The SMILES string of the molecule is O=C(N1CC=C(c2cccc3ccccc23)CC1)C1(O)Cc2ccccc2C1. The Bertz CT molecular complexity index is 1070. The monoisotopic (exact) mass is 369 g/mol. The van der Waals surface area contributed by atoms with Crippen LogP contribution in [0.3, 0.4) is 0 Å². The number of hydrogen-bond acceptors (Lipinski definition) is 2. The first-order valence-electron chi connectivity index (χ1n) is 9.90. The maximum atomic E-state index is 13.1. The van der Waals surface area contributed by atoms with Crippen LogP contribution in [0.1, 0.15) is 23.1 Å². The van der Waals surface area contributed by atoms with Crippen molar-refractivity contribution >= 4 is 22.3 Å². The van der Waals surface area contributed by atoms with E-state index in [1.807, 2.05) is 24.3 Å². The number of carbonyl (C=O) groups excluding carboxylic acids is 1. The molecule has 3 nitrogen and oxygen atoms in total. The van der Waals surface area contributed by atoms with Crippen molar-refractivity contribution in [3.05, 3.63) is 89.5 Å². The quantitative estimate of drug-likeness (QED) is 0.742. The lowest BCUT2D eigenvalue weighted by molar-refractivity contribution is -0.149. The van der Waals surface area contributed by atoms with Crippen molar-refractivity contribution in [3.8, 4) is 0 Å². The van der Waals surface area contributed by atoms with Crippen LogP contribution in [-0.4, -0.2) is 34.6 Å². The second-order valence-electron chi connectivity index (χ2n) is 7.91. The predicted molar refractivity (Wildman–Crippen MR) is 112 cm³/mol. The molecule has 0 saturated heterocycles. The van der Waals surface area contributed by atoms with E-state index in [1.54, 1.807) is 4.90 Å². The van der Waals surface area contributed by atoms with Crippen LogP contribution in [0.4, 0.5) is 0 Å². The molecule has 0 unspecified atom stereocenters. The van der Waals surface area contributed by atoms with Crippen molar-refractivity contribution in [2.75, 3.05) is 13.1 Å². The van der Waals surface area contributed by atoms with Gasteiger partial charge in [0, 0.05) is 25.9 Å². The highest BCUT2D eigenvalue weighted by Crippen LogP contribution is 2.34. The van der Waals surface area contributed by atoms with Gasteiger partial charge in [0.05, 0.1) is 0 Å². The summed E-state index contributed by atoms with van der Waals surface area (Å²) in [6.07, 6.45) is 3.79. The Morgan fingerprint density at radius 1 is 0.893 bits per heavy atom. The fourth-order valence-electron chi connectivity index (χ4n) is 4.64. The van der Waals surface area contributed by atoms with E-state index in [-0.39, 0.29) is 5.91 Å². The molecule has 0 spiro atoms. The fourth-order valence-corrected chi connectivity index (χ4v) is 4.64. The van der Waals surface area contributed by atoms with Crippen molar-refractivity contribution in [2.24, 2.45) is 0 Å². The highest BCUT2D eigenvalue weighted by molar-refractivity contribution is 5.94. The third kappa shape index (κ3) is 2.83. The van der Waals surface area contributed by atoms with Crippen LogP contribution in [0.25, 0.3) is 16.3 Å². The van der Waals surface area contributed by atoms with Crippen LogP contribution in [0.2, 0.25) is 0 Å². The summed E-state index contributed by atoms with van der Waals surface area (Å²) in [6.45, 7) is 1.20. The van der Waals surface area contributed by atoms with Gasteiger partial charge in [-0.05, 0) is 39.5 Å². The van der Waals surface area contributed by atoms with Gasteiger partial charge in [-0.2, -0.15) is 0 Å². The van der Waals surface area contributed by atoms with Gasteiger partial charge in [-0.15, -0.1) is 0 Å². The molecule has 1 heterocycles. The summed E-state index contributed by atoms with van der Waals surface area (Å²) in [6, 6.07) is 22.7. The van der Waals surface area contributed by atoms with Crippen molar-refractivity contribution < 1.29 is 9.90 Å². The number of fused-ring (bicyclic) bond motifs is 2. The molecule has 1 N–H and O–H groups in total. The Labute approximate surface area is 164 Å². The molecule has 28 heavy (non-hydrogen) atoms. The number of benzene rings is 3. The maximum Gasteiger partial charge on any atom is 0.255 e. The average molecular weight is 369 g/mol. The number of carbonyl (C=O) groups is 1. The number of amides is 1. The van der Waals surface area contributed by atoms with Crippen molar-refractivity contribution in [2.45, 2.75) is 24.9 Å². The van der Waals surface area contributed by atoms with Crippen LogP contribution in [-0.2, 0) is 17.6 Å². The van der Waals surface area contributed by atoms with Crippen LogP contribution < -0.4 is 0 Å². The lowest BCUT2D eigenvalue weighted by Crippen LogP contribution is -2.51. The van der Waals surface area contributed by atoms with E-state index in [4.69, 9.17) is 0 Å². The maximum absolute atomic E-state index is 13.1. The number of hydrogen-bond donors (Lipinski definition) is 1. The molecule has 0 fully saturated rings. The van der Waals surface area contributed by atoms with Crippen molar-refractivity contribution in [1.29, 1.82) is 0 Å². The summed E-state index contributed by atoms with van der Waals surface area (Å²) >= 11 is 0. The molecule has 5 rings (SSSR count). The van der Waals surface area contributed by atoms with Gasteiger partial charge in [-0.1, -0.05) is 72.8 Å². The van der Waals surface area contributed by atoms with Gasteiger partial charge < -0.3 is 10.0 Å². The fraction of sp³-hybridized carbons (Fsp3) is 0.240. The molecule has 0 saturated carbocycles. The zero-order valence-electron chi connectivity index (χ0n) is 15.8. The van der Waals surface area contributed by atoms with E-state index in [1.165, 1.54) is 21.9 Å². The standard InChI is InChI=1S/C25H23NO2/c27-24(25(28)16-20-7-1-2-8-21(20)17-25)26-14-12-19(13-15-26)23-11-5-9-18-6-3-4-10-22(18)23/h1-12,28H,13-17H2. The summed E-state index contributed by atoms with van der Waals surface area (Å²) < 4.78 is 0. The van der Waals surface area contributed by atoms with Gasteiger partial charge in [0.1, 0.15) is 0 Å². The van der Waals surface area contributed by atoms with Crippen molar-refractivity contribution in [3.63, 3.8) is 0 Å². The molecule has 1 aliphatic carbocycles. The van der Waals surface area contributed by atoms with Gasteiger partial charge in [0.2, 0.25) is 0 Å². The zero-order chi connectivity index (χ0) is 19.1. The highest BCUT2D eigenvalue weighted by Gasteiger charge is 2.44. The first kappa shape index (κ1) is 17.2. The molecule has 2 aliphatic rings. The summed E-state index contributed by atoms with van der Waals surface area (Å²) in [5.74, 6) is -0.142. The molecule has 1 aliphatic heterocycles. The molecule has 0 atom stereocenters. The normalized spacial score (nSPS) is 18.0. The van der Waals surface area contributed by atoms with Crippen molar-refractivity contribution in [1.82, 2.24) is 4.90 Å². The average Bonchev–Trinajstić information content (AvgIpc) is 3.10.